The minimum Gasteiger partial charge on any atom is -0.378 e. The van der Waals surface area contributed by atoms with Crippen molar-refractivity contribution >= 4 is 11.6 Å². The van der Waals surface area contributed by atoms with E-state index in [9.17, 15) is 9.18 Å². The van der Waals surface area contributed by atoms with Gasteiger partial charge in [0.25, 0.3) is 0 Å². The monoisotopic (exact) mass is 286 g/mol. The van der Waals surface area contributed by atoms with Gasteiger partial charge in [0.05, 0.1) is 6.42 Å². The number of nitrogens with one attached hydrogen (secondary N) is 2. The van der Waals surface area contributed by atoms with Crippen LogP contribution in [-0.4, -0.2) is 13.0 Å². The lowest BCUT2D eigenvalue weighted by Crippen LogP contribution is -2.21. The fraction of sp³-hybridized carbons (Fsp3) is 0.235. The summed E-state index contributed by atoms with van der Waals surface area (Å²) in [6, 6.07) is 14.1. The average Bonchev–Trinajstić information content (AvgIpc) is 2.49. The molecule has 0 heterocycles. The van der Waals surface area contributed by atoms with Gasteiger partial charge >= 0.3 is 0 Å². The maximum atomic E-state index is 13.3. The summed E-state index contributed by atoms with van der Waals surface area (Å²) in [6.07, 6.45) is 0.315. The minimum absolute atomic E-state index is 0.0392. The summed E-state index contributed by atoms with van der Waals surface area (Å²) in [4.78, 5) is 11.5. The Hall–Kier alpha value is -2.36. The van der Waals surface area contributed by atoms with Crippen LogP contribution < -0.4 is 10.6 Å². The van der Waals surface area contributed by atoms with Gasteiger partial charge in [-0.25, -0.2) is 4.39 Å². The molecule has 110 valence electrons. The number of amides is 1. The van der Waals surface area contributed by atoms with Crippen molar-refractivity contribution in [1.82, 2.24) is 5.32 Å². The highest BCUT2D eigenvalue weighted by Crippen LogP contribution is 2.23. The Balaban J connectivity index is 2.17. The Kier molecular flexibility index (Phi) is 4.93. The summed E-state index contributed by atoms with van der Waals surface area (Å²) in [5.74, 6) is -0.289. The number of hydrogen-bond acceptors (Lipinski definition) is 2. The van der Waals surface area contributed by atoms with Crippen LogP contribution in [0.3, 0.4) is 0 Å². The van der Waals surface area contributed by atoms with Crippen LogP contribution in [0, 0.1) is 5.82 Å². The highest BCUT2D eigenvalue weighted by molar-refractivity contribution is 5.80. The molecule has 4 heteroatoms. The summed E-state index contributed by atoms with van der Waals surface area (Å²) in [5, 5.41) is 5.95. The lowest BCUT2D eigenvalue weighted by atomic mass is 10.1. The summed E-state index contributed by atoms with van der Waals surface area (Å²) in [7, 11) is 1.62. The zero-order valence-electron chi connectivity index (χ0n) is 12.2. The van der Waals surface area contributed by atoms with E-state index in [1.54, 1.807) is 13.1 Å². The Morgan fingerprint density at radius 1 is 1.19 bits per heavy atom. The van der Waals surface area contributed by atoms with Crippen molar-refractivity contribution in [2.45, 2.75) is 19.4 Å². The number of halogens is 1. The van der Waals surface area contributed by atoms with Gasteiger partial charge in [0.1, 0.15) is 5.82 Å². The van der Waals surface area contributed by atoms with E-state index in [0.717, 1.165) is 16.8 Å². The molecule has 0 saturated heterocycles. The van der Waals surface area contributed by atoms with Crippen molar-refractivity contribution in [2.75, 3.05) is 12.4 Å². The van der Waals surface area contributed by atoms with Crippen LogP contribution in [0.1, 0.15) is 24.1 Å². The van der Waals surface area contributed by atoms with E-state index < -0.39 is 0 Å². The number of benzene rings is 2. The predicted molar refractivity (Wildman–Crippen MR) is 82.7 cm³/mol. The molecular weight excluding hydrogens is 267 g/mol. The Morgan fingerprint density at radius 3 is 2.67 bits per heavy atom. The molecule has 1 unspecified atom stereocenters. The zero-order chi connectivity index (χ0) is 15.2. The molecule has 0 aliphatic rings. The van der Waals surface area contributed by atoms with Crippen LogP contribution in [-0.2, 0) is 11.2 Å². The summed E-state index contributed by atoms with van der Waals surface area (Å²) < 4.78 is 13.3. The summed E-state index contributed by atoms with van der Waals surface area (Å²) in [5.41, 5.74) is 2.67. The first-order chi connectivity index (χ1) is 10.1. The number of carbonyl (C=O) groups excluding carboxylic acids is 1. The molecular formula is C17H19FN2O. The molecule has 0 aliphatic heterocycles. The van der Waals surface area contributed by atoms with Crippen LogP contribution in [0.25, 0.3) is 0 Å². The molecule has 1 atom stereocenters. The number of anilines is 1. The van der Waals surface area contributed by atoms with Gasteiger partial charge in [-0.3, -0.25) is 4.79 Å². The predicted octanol–water partition coefficient (Wildman–Crippen LogP) is 3.29. The van der Waals surface area contributed by atoms with Crippen LogP contribution >= 0.6 is 0 Å². The van der Waals surface area contributed by atoms with E-state index in [4.69, 9.17) is 0 Å². The summed E-state index contributed by atoms with van der Waals surface area (Å²) in [6.45, 7) is 1.96. The third-order valence-corrected chi connectivity index (χ3v) is 3.37. The van der Waals surface area contributed by atoms with Gasteiger partial charge in [-0.1, -0.05) is 30.3 Å². The Labute approximate surface area is 124 Å². The number of para-hydroxylation sites is 1. The topological polar surface area (TPSA) is 41.1 Å². The third kappa shape index (κ3) is 4.05. The van der Waals surface area contributed by atoms with Crippen LogP contribution in [0.4, 0.5) is 10.1 Å². The van der Waals surface area contributed by atoms with E-state index >= 15 is 0 Å². The molecule has 0 aromatic heterocycles. The molecule has 2 N–H and O–H groups in total. The zero-order valence-corrected chi connectivity index (χ0v) is 12.2. The van der Waals surface area contributed by atoms with Crippen molar-refractivity contribution in [1.29, 1.82) is 0 Å². The molecule has 2 rings (SSSR count). The van der Waals surface area contributed by atoms with E-state index in [1.165, 1.54) is 12.1 Å². The Bertz CT molecular complexity index is 628. The molecule has 2 aromatic carbocycles. The largest absolute Gasteiger partial charge is 0.378 e. The average molecular weight is 286 g/mol. The van der Waals surface area contributed by atoms with Gasteiger partial charge in [0, 0.05) is 18.8 Å². The molecule has 0 saturated carbocycles. The normalized spacial score (nSPS) is 11.8. The van der Waals surface area contributed by atoms with Crippen molar-refractivity contribution < 1.29 is 9.18 Å². The van der Waals surface area contributed by atoms with E-state index in [1.807, 2.05) is 37.3 Å². The molecule has 3 nitrogen and oxygen atoms in total. The fourth-order valence-corrected chi connectivity index (χ4v) is 2.17. The fourth-order valence-electron chi connectivity index (χ4n) is 2.17. The molecule has 2 aromatic rings. The van der Waals surface area contributed by atoms with E-state index in [2.05, 4.69) is 10.6 Å². The van der Waals surface area contributed by atoms with Gasteiger partial charge in [0.2, 0.25) is 5.91 Å². The first-order valence-corrected chi connectivity index (χ1v) is 6.90. The summed E-state index contributed by atoms with van der Waals surface area (Å²) >= 11 is 0. The highest BCUT2D eigenvalue weighted by Gasteiger charge is 2.10. The quantitative estimate of drug-likeness (QED) is 0.885. The maximum absolute atomic E-state index is 13.3. The number of rotatable bonds is 5. The molecule has 21 heavy (non-hydrogen) atoms. The van der Waals surface area contributed by atoms with E-state index in [-0.39, 0.29) is 17.8 Å². The van der Waals surface area contributed by atoms with Gasteiger partial charge in [0.15, 0.2) is 0 Å². The van der Waals surface area contributed by atoms with Gasteiger partial charge in [-0.15, -0.1) is 0 Å². The second kappa shape index (κ2) is 6.88. The maximum Gasteiger partial charge on any atom is 0.224 e. The standard InChI is InChI=1S/C17H19FN2O/c1-12(13-7-5-8-15(18)10-13)20-16-9-4-3-6-14(16)11-17(21)19-2/h3-10,12,20H,11H2,1-2H3,(H,19,21). The van der Waals surface area contributed by atoms with Gasteiger partial charge < -0.3 is 10.6 Å². The lowest BCUT2D eigenvalue weighted by molar-refractivity contribution is -0.119. The lowest BCUT2D eigenvalue weighted by Gasteiger charge is -2.18. The van der Waals surface area contributed by atoms with Crippen LogP contribution in [0.2, 0.25) is 0 Å². The first kappa shape index (κ1) is 15.0. The minimum atomic E-state index is -0.250. The molecule has 0 aliphatic carbocycles. The van der Waals surface area contributed by atoms with Crippen LogP contribution in [0.15, 0.2) is 48.5 Å². The van der Waals surface area contributed by atoms with Gasteiger partial charge in [-0.05, 0) is 36.2 Å². The second-order valence-electron chi connectivity index (χ2n) is 4.93. The van der Waals surface area contributed by atoms with Gasteiger partial charge in [-0.2, -0.15) is 0 Å². The SMILES string of the molecule is CNC(=O)Cc1ccccc1NC(C)c1cccc(F)c1. The first-order valence-electron chi connectivity index (χ1n) is 6.90. The van der Waals surface area contributed by atoms with Crippen molar-refractivity contribution in [3.63, 3.8) is 0 Å². The van der Waals surface area contributed by atoms with Crippen LogP contribution in [0.5, 0.6) is 0 Å². The third-order valence-electron chi connectivity index (χ3n) is 3.37. The highest BCUT2D eigenvalue weighted by atomic mass is 19.1. The van der Waals surface area contributed by atoms with Crippen molar-refractivity contribution in [3.8, 4) is 0 Å². The smallest absolute Gasteiger partial charge is 0.224 e. The second-order valence-corrected chi connectivity index (χ2v) is 4.93. The van der Waals surface area contributed by atoms with E-state index in [0.29, 0.717) is 6.42 Å². The number of likely N-dealkylation sites (N-methyl/N-ethyl adjacent to an activating group) is 1. The molecule has 0 radical (unpaired) electrons. The molecule has 1 amide bonds. The molecule has 0 spiro atoms. The molecule has 0 bridgehead atoms. The number of carbonyl (C=O) groups is 1. The van der Waals surface area contributed by atoms with Crippen molar-refractivity contribution in [2.24, 2.45) is 0 Å². The Morgan fingerprint density at radius 2 is 1.95 bits per heavy atom. The molecule has 0 fully saturated rings. The van der Waals surface area contributed by atoms with Crippen molar-refractivity contribution in [3.05, 3.63) is 65.5 Å². The number of hydrogen-bond donors (Lipinski definition) is 2.